The van der Waals surface area contributed by atoms with Gasteiger partial charge in [0.05, 0.1) is 12.0 Å². The van der Waals surface area contributed by atoms with Crippen molar-refractivity contribution in [3.05, 3.63) is 40.5 Å². The Balaban J connectivity index is 1.56. The summed E-state index contributed by atoms with van der Waals surface area (Å²) in [4.78, 5) is 38.8. The van der Waals surface area contributed by atoms with Crippen LogP contribution in [0.1, 0.15) is 13.2 Å². The van der Waals surface area contributed by atoms with E-state index in [1.165, 1.54) is 17.2 Å². The lowest BCUT2D eigenvalue weighted by atomic mass is 10.1. The number of fused-ring (bicyclic) bond motifs is 1. The average Bonchev–Trinajstić information content (AvgIpc) is 3.32. The molecule has 3 heterocycles. The van der Waals surface area contributed by atoms with Crippen LogP contribution in [0.15, 0.2) is 36.9 Å². The predicted molar refractivity (Wildman–Crippen MR) is 121 cm³/mol. The number of aliphatic hydroxyl groups excluding tert-OH is 2. The van der Waals surface area contributed by atoms with Gasteiger partial charge in [-0.05, 0) is 41.6 Å². The van der Waals surface area contributed by atoms with Crippen LogP contribution in [-0.4, -0.2) is 71.4 Å². The minimum absolute atomic E-state index is 0.0270. The van der Waals surface area contributed by atoms with Crippen LogP contribution < -0.4 is 11.1 Å². The van der Waals surface area contributed by atoms with E-state index in [9.17, 15) is 19.8 Å². The number of hydrogen-bond donors (Lipinski definition) is 4. The summed E-state index contributed by atoms with van der Waals surface area (Å²) < 4.78 is 7.85. The number of likely N-dealkylation sites (N-methyl/N-ethyl adjacent to an activating group) is 1. The second kappa shape index (κ2) is 8.93. The number of nitrogens with zero attached hydrogens (tertiary/aromatic N) is 5. The Morgan fingerprint density at radius 1 is 1.25 bits per heavy atom. The summed E-state index contributed by atoms with van der Waals surface area (Å²) in [5.74, 6) is -0.651. The minimum atomic E-state index is -1.58. The van der Waals surface area contributed by atoms with Crippen molar-refractivity contribution >= 4 is 57.2 Å². The van der Waals surface area contributed by atoms with Crippen molar-refractivity contribution in [2.24, 2.45) is 0 Å². The number of benzene rings is 1. The standard InChI is InChI=1S/C19H20IN7O5/c1-2-26(19(31)25-10-6-4-3-5-9(10)20)17(30)14-12(28)13(29)18(32-14)27-8-24-11-15(21)22-7-23-16(11)27/h3-8,12-14,18,28-29H,2H2,1H3,(H,25,31)(H2,21,22,23)/t12-,13+,14-,18+/m0/s1. The van der Waals surface area contributed by atoms with Gasteiger partial charge in [-0.1, -0.05) is 12.1 Å². The van der Waals surface area contributed by atoms with E-state index < -0.39 is 36.5 Å². The van der Waals surface area contributed by atoms with Crippen molar-refractivity contribution in [1.29, 1.82) is 0 Å². The fourth-order valence-corrected chi connectivity index (χ4v) is 3.97. The first-order valence-corrected chi connectivity index (χ1v) is 10.7. The minimum Gasteiger partial charge on any atom is -0.387 e. The molecule has 12 nitrogen and oxygen atoms in total. The van der Waals surface area contributed by atoms with Crippen LogP contribution in [0.5, 0.6) is 0 Å². The number of rotatable bonds is 4. The molecule has 0 spiro atoms. The van der Waals surface area contributed by atoms with Crippen molar-refractivity contribution in [2.45, 2.75) is 31.5 Å². The molecule has 4 atom stereocenters. The van der Waals surface area contributed by atoms with Crippen LogP contribution in [0.4, 0.5) is 16.3 Å². The lowest BCUT2D eigenvalue weighted by Crippen LogP contribution is -2.49. The zero-order chi connectivity index (χ0) is 23.0. The molecular formula is C19H20IN7O5. The van der Waals surface area contributed by atoms with Crippen LogP contribution in [0.25, 0.3) is 11.2 Å². The number of aliphatic hydroxyl groups is 2. The molecule has 3 aromatic rings. The Kier molecular flexibility index (Phi) is 6.23. The number of ether oxygens (including phenoxy) is 1. The van der Waals surface area contributed by atoms with Crippen molar-refractivity contribution in [3.8, 4) is 0 Å². The molecule has 32 heavy (non-hydrogen) atoms. The highest BCUT2D eigenvalue weighted by Crippen LogP contribution is 2.33. The fourth-order valence-electron chi connectivity index (χ4n) is 3.45. The Labute approximate surface area is 195 Å². The molecule has 4 rings (SSSR count). The highest BCUT2D eigenvalue weighted by Gasteiger charge is 2.49. The van der Waals surface area contributed by atoms with Gasteiger partial charge in [0.1, 0.15) is 24.1 Å². The Bertz CT molecular complexity index is 1170. The number of amides is 3. The van der Waals surface area contributed by atoms with Gasteiger partial charge < -0.3 is 26.0 Å². The zero-order valence-electron chi connectivity index (χ0n) is 16.8. The van der Waals surface area contributed by atoms with Gasteiger partial charge in [-0.15, -0.1) is 0 Å². The van der Waals surface area contributed by atoms with Gasteiger partial charge in [0.25, 0.3) is 5.91 Å². The van der Waals surface area contributed by atoms with Gasteiger partial charge in [-0.3, -0.25) is 14.3 Å². The average molecular weight is 553 g/mol. The first kappa shape index (κ1) is 22.3. The normalized spacial score (nSPS) is 22.8. The summed E-state index contributed by atoms with van der Waals surface area (Å²) in [7, 11) is 0. The molecule has 1 saturated heterocycles. The van der Waals surface area contributed by atoms with Crippen LogP contribution >= 0.6 is 22.6 Å². The van der Waals surface area contributed by atoms with Gasteiger partial charge in [0.15, 0.2) is 23.8 Å². The molecule has 1 fully saturated rings. The Hall–Kier alpha value is -2.88. The summed E-state index contributed by atoms with van der Waals surface area (Å²) >= 11 is 2.06. The summed E-state index contributed by atoms with van der Waals surface area (Å²) in [5, 5.41) is 23.8. The summed E-state index contributed by atoms with van der Waals surface area (Å²) in [6.45, 7) is 1.64. The van der Waals surface area contributed by atoms with E-state index in [1.807, 2.05) is 12.1 Å². The van der Waals surface area contributed by atoms with Gasteiger partial charge in [0.2, 0.25) is 0 Å². The van der Waals surface area contributed by atoms with Crippen LogP contribution in [0, 0.1) is 3.57 Å². The van der Waals surface area contributed by atoms with Crippen LogP contribution in [-0.2, 0) is 9.53 Å². The zero-order valence-corrected chi connectivity index (χ0v) is 18.9. The summed E-state index contributed by atoms with van der Waals surface area (Å²) in [6.07, 6.45) is -3.16. The number of anilines is 2. The van der Waals surface area contributed by atoms with Crippen molar-refractivity contribution in [2.75, 3.05) is 17.6 Å². The van der Waals surface area contributed by atoms with Crippen molar-refractivity contribution < 1.29 is 24.5 Å². The maximum atomic E-state index is 13.1. The maximum absolute atomic E-state index is 13.1. The SMILES string of the molecule is CCN(C(=O)Nc1ccccc1I)C(=O)[C@H]1O[C@@H](n2cnc3c(N)ncnc32)[C@H](O)[C@@H]1O. The number of nitrogens with two attached hydrogens (primary N) is 1. The maximum Gasteiger partial charge on any atom is 0.328 e. The third-order valence-electron chi connectivity index (χ3n) is 5.09. The molecule has 1 aliphatic heterocycles. The number of imide groups is 1. The smallest absolute Gasteiger partial charge is 0.328 e. The van der Waals surface area contributed by atoms with E-state index in [0.717, 1.165) is 8.47 Å². The molecule has 2 aromatic heterocycles. The molecule has 168 valence electrons. The molecule has 3 amide bonds. The molecule has 1 aromatic carbocycles. The lowest BCUT2D eigenvalue weighted by molar-refractivity contribution is -0.145. The summed E-state index contributed by atoms with van der Waals surface area (Å²) in [6, 6.07) is 6.42. The number of carbonyl (C=O) groups is 2. The molecule has 0 saturated carbocycles. The number of halogens is 1. The molecule has 0 radical (unpaired) electrons. The van der Waals surface area contributed by atoms with Gasteiger partial charge in [-0.2, -0.15) is 0 Å². The fraction of sp³-hybridized carbons (Fsp3) is 0.316. The third-order valence-corrected chi connectivity index (χ3v) is 6.03. The topological polar surface area (TPSA) is 169 Å². The Morgan fingerprint density at radius 2 is 2.00 bits per heavy atom. The van der Waals surface area contributed by atoms with Crippen LogP contribution in [0.3, 0.4) is 0 Å². The van der Waals surface area contributed by atoms with E-state index in [1.54, 1.807) is 19.1 Å². The number of nitrogen functional groups attached to an aromatic ring is 1. The second-order valence-electron chi connectivity index (χ2n) is 7.00. The van der Waals surface area contributed by atoms with E-state index in [0.29, 0.717) is 11.2 Å². The summed E-state index contributed by atoms with van der Waals surface area (Å²) in [5.41, 5.74) is 6.88. The third kappa shape index (κ3) is 3.87. The number of imidazole rings is 1. The molecule has 13 heteroatoms. The first-order chi connectivity index (χ1) is 15.3. The van der Waals surface area contributed by atoms with Crippen molar-refractivity contribution in [1.82, 2.24) is 24.4 Å². The number of urea groups is 1. The van der Waals surface area contributed by atoms with Gasteiger partial charge >= 0.3 is 6.03 Å². The van der Waals surface area contributed by atoms with Crippen molar-refractivity contribution in [3.63, 3.8) is 0 Å². The highest BCUT2D eigenvalue weighted by atomic mass is 127. The molecule has 0 bridgehead atoms. The molecular weight excluding hydrogens is 533 g/mol. The quantitative estimate of drug-likeness (QED) is 0.340. The predicted octanol–water partition coefficient (Wildman–Crippen LogP) is 0.713. The lowest BCUT2D eigenvalue weighted by Gasteiger charge is -2.24. The second-order valence-corrected chi connectivity index (χ2v) is 8.17. The van der Waals surface area contributed by atoms with E-state index in [-0.39, 0.29) is 18.0 Å². The highest BCUT2D eigenvalue weighted by molar-refractivity contribution is 14.1. The van der Waals surface area contributed by atoms with Crippen LogP contribution in [0.2, 0.25) is 0 Å². The number of aromatic nitrogens is 4. The van der Waals surface area contributed by atoms with Gasteiger partial charge in [0, 0.05) is 10.1 Å². The monoisotopic (exact) mass is 553 g/mol. The molecule has 0 unspecified atom stereocenters. The number of carbonyl (C=O) groups excluding carboxylic acids is 2. The molecule has 1 aliphatic rings. The Morgan fingerprint density at radius 3 is 2.72 bits per heavy atom. The number of para-hydroxylation sites is 1. The largest absolute Gasteiger partial charge is 0.387 e. The van der Waals surface area contributed by atoms with Gasteiger partial charge in [-0.25, -0.2) is 19.7 Å². The van der Waals surface area contributed by atoms with E-state index >= 15 is 0 Å². The number of nitrogens with one attached hydrogen (secondary N) is 1. The molecule has 0 aliphatic carbocycles. The number of hydrogen-bond acceptors (Lipinski definition) is 9. The molecule has 5 N–H and O–H groups in total. The first-order valence-electron chi connectivity index (χ1n) is 9.65. The van der Waals surface area contributed by atoms with E-state index in [2.05, 4.69) is 42.9 Å². The van der Waals surface area contributed by atoms with E-state index in [4.69, 9.17) is 10.5 Å².